The maximum Gasteiger partial charge on any atom is 0.446 e. The van der Waals surface area contributed by atoms with Gasteiger partial charge in [-0.15, -0.1) is 0 Å². The number of benzene rings is 1. The number of nitriles is 1. The molecule has 0 N–H and O–H groups in total. The van der Waals surface area contributed by atoms with E-state index < -0.39 is 46.1 Å². The molecule has 0 aliphatic heterocycles. The highest BCUT2D eigenvalue weighted by Crippen LogP contribution is 2.44. The van der Waals surface area contributed by atoms with E-state index in [2.05, 4.69) is 9.47 Å². The Morgan fingerprint density at radius 1 is 1.39 bits per heavy atom. The number of hydrogen-bond donors (Lipinski definition) is 0. The van der Waals surface area contributed by atoms with Crippen LogP contribution in [0.2, 0.25) is 0 Å². The van der Waals surface area contributed by atoms with Crippen LogP contribution in [-0.4, -0.2) is 24.7 Å². The van der Waals surface area contributed by atoms with Crippen LogP contribution in [0, 0.1) is 11.3 Å². The Labute approximate surface area is 132 Å². The van der Waals surface area contributed by atoms with Gasteiger partial charge in [0.1, 0.15) is 11.8 Å². The number of rotatable bonds is 6. The zero-order valence-corrected chi connectivity index (χ0v) is 12.4. The zero-order valence-electron chi connectivity index (χ0n) is 11.6. The lowest BCUT2D eigenvalue weighted by atomic mass is 10.1. The third kappa shape index (κ3) is 6.32. The molecule has 0 aromatic heterocycles. The van der Waals surface area contributed by atoms with Crippen molar-refractivity contribution in [2.45, 2.75) is 30.4 Å². The largest absolute Gasteiger partial charge is 0.466 e. The van der Waals surface area contributed by atoms with E-state index in [1.165, 1.54) is 6.07 Å². The predicted octanol–water partition coefficient (Wildman–Crippen LogP) is 3.88. The summed E-state index contributed by atoms with van der Waals surface area (Å²) in [7, 11) is 0. The first kappa shape index (κ1) is 19.0. The molecular formula is C13H10F5NO3S. The summed E-state index contributed by atoms with van der Waals surface area (Å²) in [6, 6.07) is 3.34. The fraction of sp³-hybridized carbons (Fsp3) is 0.385. The minimum Gasteiger partial charge on any atom is -0.466 e. The molecule has 1 aromatic carbocycles. The topological polar surface area (TPSA) is 59.3 Å². The first-order chi connectivity index (χ1) is 10.7. The van der Waals surface area contributed by atoms with Gasteiger partial charge in [-0.3, -0.25) is 4.79 Å². The molecule has 0 saturated carbocycles. The molecule has 0 saturated heterocycles. The van der Waals surface area contributed by atoms with Crippen molar-refractivity contribution in [2.75, 3.05) is 6.61 Å². The van der Waals surface area contributed by atoms with E-state index >= 15 is 0 Å². The van der Waals surface area contributed by atoms with Crippen molar-refractivity contribution in [3.05, 3.63) is 23.3 Å². The lowest BCUT2D eigenvalue weighted by Gasteiger charge is -2.15. The van der Waals surface area contributed by atoms with Crippen LogP contribution in [0.15, 0.2) is 17.0 Å². The van der Waals surface area contributed by atoms with Crippen molar-refractivity contribution < 1.29 is 36.2 Å². The molecule has 0 aliphatic rings. The molecule has 0 radical (unpaired) electrons. The summed E-state index contributed by atoms with van der Waals surface area (Å²) in [5.74, 6) is -1.53. The van der Waals surface area contributed by atoms with Crippen molar-refractivity contribution in [3.8, 4) is 11.8 Å². The Hall–Kier alpha value is -2.02. The highest BCUT2D eigenvalue weighted by atomic mass is 32.2. The molecule has 1 rings (SSSR count). The first-order valence-corrected chi connectivity index (χ1v) is 6.91. The van der Waals surface area contributed by atoms with Crippen molar-refractivity contribution in [1.82, 2.24) is 0 Å². The summed E-state index contributed by atoms with van der Waals surface area (Å²) in [4.78, 5) is 10.6. The third-order valence-electron chi connectivity index (χ3n) is 2.32. The Morgan fingerprint density at radius 2 is 2.04 bits per heavy atom. The van der Waals surface area contributed by atoms with Crippen molar-refractivity contribution in [3.63, 3.8) is 0 Å². The van der Waals surface area contributed by atoms with Crippen molar-refractivity contribution in [1.29, 1.82) is 5.26 Å². The Morgan fingerprint density at radius 3 is 2.52 bits per heavy atom. The highest BCUT2D eigenvalue weighted by Gasteiger charge is 2.33. The van der Waals surface area contributed by atoms with Crippen molar-refractivity contribution in [2.24, 2.45) is 0 Å². The number of ether oxygens (including phenoxy) is 2. The van der Waals surface area contributed by atoms with Gasteiger partial charge in [0, 0.05) is 0 Å². The van der Waals surface area contributed by atoms with E-state index in [1.807, 2.05) is 0 Å². The molecule has 126 valence electrons. The van der Waals surface area contributed by atoms with Crippen molar-refractivity contribution >= 4 is 17.7 Å². The second-order valence-electron chi connectivity index (χ2n) is 3.99. The molecule has 0 unspecified atom stereocenters. The van der Waals surface area contributed by atoms with Gasteiger partial charge in [-0.05, 0) is 36.4 Å². The number of thioether (sulfide) groups is 1. The summed E-state index contributed by atoms with van der Waals surface area (Å²) in [6.07, 6.45) is -0.390. The van der Waals surface area contributed by atoms with Gasteiger partial charge in [-0.25, -0.2) is 0 Å². The van der Waals surface area contributed by atoms with Crippen LogP contribution in [0.1, 0.15) is 18.1 Å². The molecule has 0 aliphatic carbocycles. The number of hydrogen-bond acceptors (Lipinski definition) is 5. The van der Waals surface area contributed by atoms with Crippen LogP contribution in [0.4, 0.5) is 22.0 Å². The molecular weight excluding hydrogens is 345 g/mol. The van der Waals surface area contributed by atoms with Crippen LogP contribution in [0.5, 0.6) is 5.75 Å². The van der Waals surface area contributed by atoms with Crippen LogP contribution in [-0.2, 0) is 16.0 Å². The van der Waals surface area contributed by atoms with Gasteiger partial charge in [0.15, 0.2) is 0 Å². The molecule has 0 atom stereocenters. The number of nitrogens with zero attached hydrogens (tertiary/aromatic N) is 1. The molecule has 0 amide bonds. The van der Waals surface area contributed by atoms with E-state index in [4.69, 9.17) is 5.26 Å². The Bertz CT molecular complexity index is 613. The summed E-state index contributed by atoms with van der Waals surface area (Å²) >= 11 is -0.739. The zero-order chi connectivity index (χ0) is 17.6. The number of halogens is 5. The third-order valence-corrected chi connectivity index (χ3v) is 3.18. The van der Waals surface area contributed by atoms with Crippen LogP contribution >= 0.6 is 11.8 Å². The second-order valence-corrected chi connectivity index (χ2v) is 5.07. The maximum absolute atomic E-state index is 12.5. The fourth-order valence-corrected chi connectivity index (χ4v) is 2.28. The van der Waals surface area contributed by atoms with Gasteiger partial charge < -0.3 is 9.47 Å². The fourth-order valence-electron chi connectivity index (χ4n) is 1.63. The molecule has 0 bridgehead atoms. The van der Waals surface area contributed by atoms with Gasteiger partial charge in [-0.2, -0.15) is 27.2 Å². The van der Waals surface area contributed by atoms with Gasteiger partial charge in [0.05, 0.1) is 23.5 Å². The summed E-state index contributed by atoms with van der Waals surface area (Å²) in [6.45, 7) is -1.76. The maximum atomic E-state index is 12.5. The molecule has 23 heavy (non-hydrogen) atoms. The van der Waals surface area contributed by atoms with Crippen LogP contribution in [0.25, 0.3) is 0 Å². The van der Waals surface area contributed by atoms with E-state index in [1.54, 1.807) is 6.92 Å². The lowest BCUT2D eigenvalue weighted by molar-refractivity contribution is -0.142. The van der Waals surface area contributed by atoms with Crippen LogP contribution in [0.3, 0.4) is 0 Å². The number of carbonyl (C=O) groups excluding carboxylic acids is 1. The standard InChI is InChI=1S/C13H10F5NO3S/c1-2-21-10(20)5-7-3-8(6-19)11(23-13(16,17)18)9(4-7)22-12(14)15/h3-4,12H,2,5H2,1H3. The smallest absolute Gasteiger partial charge is 0.446 e. The minimum atomic E-state index is -4.80. The molecule has 0 spiro atoms. The van der Waals surface area contributed by atoms with Crippen LogP contribution < -0.4 is 4.74 Å². The summed E-state index contributed by atoms with van der Waals surface area (Å²) in [5.41, 5.74) is -5.29. The highest BCUT2D eigenvalue weighted by molar-refractivity contribution is 8.00. The summed E-state index contributed by atoms with van der Waals surface area (Å²) in [5, 5.41) is 8.95. The van der Waals surface area contributed by atoms with Gasteiger partial charge in [-0.1, -0.05) is 0 Å². The lowest BCUT2D eigenvalue weighted by Crippen LogP contribution is -2.10. The van der Waals surface area contributed by atoms with Gasteiger partial charge in [0.2, 0.25) is 0 Å². The molecule has 4 nitrogen and oxygen atoms in total. The molecule has 0 fully saturated rings. The SMILES string of the molecule is CCOC(=O)Cc1cc(C#N)c(SC(F)(F)F)c(OC(F)F)c1. The van der Waals surface area contributed by atoms with E-state index in [9.17, 15) is 26.7 Å². The van der Waals surface area contributed by atoms with E-state index in [0.717, 1.165) is 12.1 Å². The summed E-state index contributed by atoms with van der Waals surface area (Å²) < 4.78 is 71.1. The van der Waals surface area contributed by atoms with E-state index in [-0.39, 0.29) is 18.6 Å². The van der Waals surface area contributed by atoms with Gasteiger partial charge in [0.25, 0.3) is 0 Å². The Kier molecular flexibility index (Phi) is 6.62. The number of carbonyl (C=O) groups is 1. The molecule has 10 heteroatoms. The number of alkyl halides is 5. The number of esters is 1. The Balaban J connectivity index is 3.28. The first-order valence-electron chi connectivity index (χ1n) is 6.09. The van der Waals surface area contributed by atoms with Gasteiger partial charge >= 0.3 is 18.1 Å². The van der Waals surface area contributed by atoms with E-state index in [0.29, 0.717) is 0 Å². The molecule has 1 aromatic rings. The minimum absolute atomic E-state index is 0.0298. The second kappa shape index (κ2) is 8.01. The average Bonchev–Trinajstić information content (AvgIpc) is 2.39. The average molecular weight is 355 g/mol. The predicted molar refractivity (Wildman–Crippen MR) is 70.0 cm³/mol. The monoisotopic (exact) mass is 355 g/mol. The molecule has 0 heterocycles. The quantitative estimate of drug-likeness (QED) is 0.440. The normalized spacial score (nSPS) is 11.2.